The summed E-state index contributed by atoms with van der Waals surface area (Å²) in [4.78, 5) is 28.4. The highest BCUT2D eigenvalue weighted by Gasteiger charge is 2.13. The molecule has 1 amide bonds. The highest BCUT2D eigenvalue weighted by Crippen LogP contribution is 2.26. The Hall–Kier alpha value is -3.24. The highest BCUT2D eigenvalue weighted by atomic mass is 32.2. The van der Waals surface area contributed by atoms with Gasteiger partial charge in [0.25, 0.3) is 5.91 Å². The minimum atomic E-state index is -3.34. The molecule has 1 heterocycles. The summed E-state index contributed by atoms with van der Waals surface area (Å²) < 4.78 is 29.6. The Morgan fingerprint density at radius 2 is 1.76 bits per heavy atom. The molecule has 0 saturated carbocycles. The lowest BCUT2D eigenvalue weighted by atomic mass is 10.1. The fraction of sp³-hybridized carbons (Fsp3) is 0.105. The van der Waals surface area contributed by atoms with Crippen molar-refractivity contribution in [2.24, 2.45) is 0 Å². The fourth-order valence-corrected chi connectivity index (χ4v) is 3.74. The monoisotopic (exact) mass is 431 g/mol. The third-order valence-electron chi connectivity index (χ3n) is 3.75. The molecule has 0 aliphatic carbocycles. The fourth-order valence-electron chi connectivity index (χ4n) is 2.46. The van der Waals surface area contributed by atoms with Gasteiger partial charge in [-0.15, -0.1) is 11.3 Å². The number of methoxy groups -OCH3 is 1. The first-order chi connectivity index (χ1) is 13.7. The molecule has 29 heavy (non-hydrogen) atoms. The predicted molar refractivity (Wildman–Crippen MR) is 112 cm³/mol. The number of benzene rings is 2. The second-order valence-electron chi connectivity index (χ2n) is 6.02. The van der Waals surface area contributed by atoms with Gasteiger partial charge in [0.2, 0.25) is 10.0 Å². The lowest BCUT2D eigenvalue weighted by Crippen LogP contribution is -2.13. The van der Waals surface area contributed by atoms with Crippen LogP contribution in [-0.4, -0.2) is 38.6 Å². The van der Waals surface area contributed by atoms with Gasteiger partial charge < -0.3 is 4.74 Å². The molecule has 0 bridgehead atoms. The molecular formula is C19H17N3O5S2. The third kappa shape index (κ3) is 5.39. The number of nitrogens with zero attached hydrogens (tertiary/aromatic N) is 1. The molecule has 2 N–H and O–H groups in total. The van der Waals surface area contributed by atoms with E-state index in [1.165, 1.54) is 24.5 Å². The van der Waals surface area contributed by atoms with Gasteiger partial charge in [-0.1, -0.05) is 18.2 Å². The number of nitrogens with one attached hydrogen (secondary N) is 2. The normalized spacial score (nSPS) is 11.0. The summed E-state index contributed by atoms with van der Waals surface area (Å²) in [7, 11) is -2.07. The summed E-state index contributed by atoms with van der Waals surface area (Å²) in [5.41, 5.74) is 2.45. The molecule has 1 aromatic heterocycles. The lowest BCUT2D eigenvalue weighted by molar-refractivity contribution is 0.0600. The van der Waals surface area contributed by atoms with E-state index in [0.29, 0.717) is 22.1 Å². The minimum Gasteiger partial charge on any atom is -0.465 e. The Bertz CT molecular complexity index is 1150. The molecule has 0 saturated heterocycles. The number of sulfonamides is 1. The largest absolute Gasteiger partial charge is 0.465 e. The summed E-state index contributed by atoms with van der Waals surface area (Å²) in [5.74, 6) is -0.922. The van der Waals surface area contributed by atoms with Crippen molar-refractivity contribution in [3.8, 4) is 11.3 Å². The highest BCUT2D eigenvalue weighted by molar-refractivity contribution is 7.92. The molecule has 0 radical (unpaired) electrons. The number of rotatable bonds is 6. The first-order valence-electron chi connectivity index (χ1n) is 8.28. The Kier molecular flexibility index (Phi) is 5.95. The van der Waals surface area contributed by atoms with Crippen LogP contribution in [-0.2, 0) is 14.8 Å². The number of ether oxygens (including phenoxy) is 1. The number of esters is 1. The SMILES string of the molecule is COC(=O)c1cccc(C(=O)Nc2nc(-c3ccc(NS(C)(=O)=O)cc3)cs2)c1. The van der Waals surface area contributed by atoms with Crippen LogP contribution < -0.4 is 10.0 Å². The molecule has 3 aromatic rings. The molecule has 0 aliphatic heterocycles. The van der Waals surface area contributed by atoms with Crippen LogP contribution >= 0.6 is 11.3 Å². The van der Waals surface area contributed by atoms with Crippen LogP contribution in [0.4, 0.5) is 10.8 Å². The molecule has 150 valence electrons. The van der Waals surface area contributed by atoms with E-state index in [1.807, 2.05) is 0 Å². The second-order valence-corrected chi connectivity index (χ2v) is 8.62. The molecule has 0 aliphatic rings. The average molecular weight is 431 g/mol. The van der Waals surface area contributed by atoms with Gasteiger partial charge in [-0.3, -0.25) is 14.8 Å². The molecule has 10 heteroatoms. The molecule has 8 nitrogen and oxygen atoms in total. The number of thiazole rings is 1. The van der Waals surface area contributed by atoms with Crippen LogP contribution in [0, 0.1) is 0 Å². The summed E-state index contributed by atoms with van der Waals surface area (Å²) in [6.07, 6.45) is 1.08. The smallest absolute Gasteiger partial charge is 0.337 e. The van der Waals surface area contributed by atoms with Crippen molar-refractivity contribution in [2.45, 2.75) is 0 Å². The van der Waals surface area contributed by atoms with Crippen LogP contribution in [0.2, 0.25) is 0 Å². The molecule has 3 rings (SSSR count). The van der Waals surface area contributed by atoms with E-state index in [0.717, 1.165) is 11.8 Å². The summed E-state index contributed by atoms with van der Waals surface area (Å²) >= 11 is 1.25. The topological polar surface area (TPSA) is 114 Å². The zero-order valence-electron chi connectivity index (χ0n) is 15.5. The van der Waals surface area contributed by atoms with E-state index in [1.54, 1.807) is 47.8 Å². The Morgan fingerprint density at radius 1 is 1.07 bits per heavy atom. The second kappa shape index (κ2) is 8.41. The predicted octanol–water partition coefficient (Wildman–Crippen LogP) is 3.22. The van der Waals surface area contributed by atoms with Crippen LogP contribution in [0.25, 0.3) is 11.3 Å². The summed E-state index contributed by atoms with van der Waals surface area (Å²) in [6, 6.07) is 12.9. The first-order valence-corrected chi connectivity index (χ1v) is 11.1. The van der Waals surface area contributed by atoms with E-state index in [2.05, 4.69) is 19.8 Å². The molecule has 0 atom stereocenters. The number of carbonyl (C=O) groups excluding carboxylic acids is 2. The lowest BCUT2D eigenvalue weighted by Gasteiger charge is -2.05. The molecule has 0 unspecified atom stereocenters. The Labute approximate surface area is 171 Å². The quantitative estimate of drug-likeness (QED) is 0.579. The van der Waals surface area contributed by atoms with E-state index in [9.17, 15) is 18.0 Å². The Balaban J connectivity index is 1.72. The number of hydrogen-bond acceptors (Lipinski definition) is 7. The van der Waals surface area contributed by atoms with Crippen molar-refractivity contribution in [3.63, 3.8) is 0 Å². The van der Waals surface area contributed by atoms with Gasteiger partial charge in [0, 0.05) is 22.2 Å². The Morgan fingerprint density at radius 3 is 2.41 bits per heavy atom. The molecule has 0 spiro atoms. The van der Waals surface area contributed by atoms with E-state index >= 15 is 0 Å². The maximum absolute atomic E-state index is 12.4. The zero-order chi connectivity index (χ0) is 21.0. The van der Waals surface area contributed by atoms with Gasteiger partial charge in [0.15, 0.2) is 5.13 Å². The van der Waals surface area contributed by atoms with Crippen molar-refractivity contribution < 1.29 is 22.7 Å². The minimum absolute atomic E-state index is 0.280. The van der Waals surface area contributed by atoms with Crippen molar-refractivity contribution >= 4 is 44.1 Å². The zero-order valence-corrected chi connectivity index (χ0v) is 17.1. The number of hydrogen-bond donors (Lipinski definition) is 2. The standard InChI is InChI=1S/C19H17N3O5S2/c1-27-18(24)14-5-3-4-13(10-14)17(23)21-19-20-16(11-28-19)12-6-8-15(9-7-12)22-29(2,25)26/h3-11,22H,1-2H3,(H,20,21,23). The van der Waals surface area contributed by atoms with Crippen molar-refractivity contribution in [1.29, 1.82) is 0 Å². The van der Waals surface area contributed by atoms with Crippen LogP contribution in [0.3, 0.4) is 0 Å². The first kappa shape index (κ1) is 20.5. The van der Waals surface area contributed by atoms with Crippen LogP contribution in [0.15, 0.2) is 53.9 Å². The van der Waals surface area contributed by atoms with Gasteiger partial charge in [0.1, 0.15) is 0 Å². The van der Waals surface area contributed by atoms with Gasteiger partial charge in [-0.25, -0.2) is 18.2 Å². The molecular weight excluding hydrogens is 414 g/mol. The summed E-state index contributed by atoms with van der Waals surface area (Å²) in [5, 5.41) is 4.87. The van der Waals surface area contributed by atoms with Crippen molar-refractivity contribution in [2.75, 3.05) is 23.4 Å². The van der Waals surface area contributed by atoms with Crippen LogP contribution in [0.1, 0.15) is 20.7 Å². The van der Waals surface area contributed by atoms with Crippen LogP contribution in [0.5, 0.6) is 0 Å². The molecule has 2 aromatic carbocycles. The number of anilines is 2. The van der Waals surface area contributed by atoms with Crippen molar-refractivity contribution in [3.05, 3.63) is 65.0 Å². The number of aromatic nitrogens is 1. The summed E-state index contributed by atoms with van der Waals surface area (Å²) in [6.45, 7) is 0. The van der Waals surface area contributed by atoms with E-state index in [-0.39, 0.29) is 5.56 Å². The van der Waals surface area contributed by atoms with E-state index < -0.39 is 21.9 Å². The third-order valence-corrected chi connectivity index (χ3v) is 5.12. The van der Waals surface area contributed by atoms with Gasteiger partial charge in [-0.2, -0.15) is 0 Å². The number of amides is 1. The maximum atomic E-state index is 12.4. The van der Waals surface area contributed by atoms with Gasteiger partial charge in [0.05, 0.1) is 24.6 Å². The maximum Gasteiger partial charge on any atom is 0.337 e. The van der Waals surface area contributed by atoms with Crippen molar-refractivity contribution in [1.82, 2.24) is 4.98 Å². The van der Waals surface area contributed by atoms with E-state index in [4.69, 9.17) is 0 Å². The van der Waals surface area contributed by atoms with Gasteiger partial charge in [-0.05, 0) is 30.3 Å². The molecule has 0 fully saturated rings. The number of carbonyl (C=O) groups is 2. The average Bonchev–Trinajstić information content (AvgIpc) is 3.15. The van der Waals surface area contributed by atoms with Gasteiger partial charge >= 0.3 is 5.97 Å².